The van der Waals surface area contributed by atoms with E-state index in [2.05, 4.69) is 11.8 Å². The van der Waals surface area contributed by atoms with Crippen molar-refractivity contribution in [3.8, 4) is 11.8 Å². The summed E-state index contributed by atoms with van der Waals surface area (Å²) < 4.78 is 39.0. The molecule has 0 saturated carbocycles. The topological polar surface area (TPSA) is 37.3 Å². The number of carbonyl (C=O) groups is 1. The van der Waals surface area contributed by atoms with Gasteiger partial charge in [-0.25, -0.2) is 0 Å². The second-order valence-electron chi connectivity index (χ2n) is 4.98. The smallest absolute Gasteiger partial charge is 0.391 e. The standard InChI is InChI=1S/C18H13F3O2/c19-18(20,21)13-17(16(22)23,15-9-5-2-6-10-15)12-11-14-7-3-1-4-8-14/h1-10H,13H2,(H,22,23). The van der Waals surface area contributed by atoms with Gasteiger partial charge in [0.1, 0.15) is 0 Å². The van der Waals surface area contributed by atoms with E-state index in [1.807, 2.05) is 0 Å². The summed E-state index contributed by atoms with van der Waals surface area (Å²) in [6.07, 6.45) is -6.22. The Labute approximate surface area is 131 Å². The minimum atomic E-state index is -4.67. The van der Waals surface area contributed by atoms with Crippen molar-refractivity contribution < 1.29 is 23.1 Å². The fourth-order valence-corrected chi connectivity index (χ4v) is 2.19. The molecule has 2 aromatic carbocycles. The second kappa shape index (κ2) is 6.57. The van der Waals surface area contributed by atoms with Crippen molar-refractivity contribution in [2.75, 3.05) is 0 Å². The first kappa shape index (κ1) is 16.6. The van der Waals surface area contributed by atoms with Crippen molar-refractivity contribution in [3.63, 3.8) is 0 Å². The third-order valence-electron chi connectivity index (χ3n) is 3.29. The van der Waals surface area contributed by atoms with Gasteiger partial charge in [0.15, 0.2) is 5.41 Å². The SMILES string of the molecule is O=C(O)C(C#Cc1ccccc1)(CC(F)(F)F)c1ccccc1. The molecule has 0 aromatic heterocycles. The molecule has 23 heavy (non-hydrogen) atoms. The van der Waals surface area contributed by atoms with E-state index >= 15 is 0 Å². The van der Waals surface area contributed by atoms with Gasteiger partial charge in [-0.2, -0.15) is 13.2 Å². The minimum Gasteiger partial charge on any atom is -0.480 e. The molecule has 0 fully saturated rings. The molecule has 0 radical (unpaired) electrons. The number of halogens is 3. The van der Waals surface area contributed by atoms with Gasteiger partial charge in [0.2, 0.25) is 0 Å². The van der Waals surface area contributed by atoms with Gasteiger partial charge >= 0.3 is 12.1 Å². The lowest BCUT2D eigenvalue weighted by Crippen LogP contribution is -2.39. The van der Waals surface area contributed by atoms with Crippen LogP contribution < -0.4 is 0 Å². The number of carboxylic acids is 1. The zero-order valence-corrected chi connectivity index (χ0v) is 12.0. The maximum Gasteiger partial charge on any atom is 0.391 e. The number of aliphatic carboxylic acids is 1. The molecule has 118 valence electrons. The largest absolute Gasteiger partial charge is 0.480 e. The Kier molecular flexibility index (Phi) is 4.75. The highest BCUT2D eigenvalue weighted by Gasteiger charge is 2.48. The van der Waals surface area contributed by atoms with Gasteiger partial charge in [0.05, 0.1) is 6.42 Å². The fraction of sp³-hybridized carbons (Fsp3) is 0.167. The van der Waals surface area contributed by atoms with Crippen LogP contribution >= 0.6 is 0 Å². The van der Waals surface area contributed by atoms with Crippen LogP contribution in [0.4, 0.5) is 13.2 Å². The summed E-state index contributed by atoms with van der Waals surface area (Å²) in [5.74, 6) is 3.29. The molecule has 0 amide bonds. The molecular weight excluding hydrogens is 305 g/mol. The molecule has 0 heterocycles. The molecule has 0 aliphatic carbocycles. The van der Waals surface area contributed by atoms with Crippen molar-refractivity contribution in [1.82, 2.24) is 0 Å². The van der Waals surface area contributed by atoms with Crippen molar-refractivity contribution in [1.29, 1.82) is 0 Å². The molecule has 0 aliphatic rings. The Hall–Kier alpha value is -2.74. The summed E-state index contributed by atoms with van der Waals surface area (Å²) >= 11 is 0. The maximum atomic E-state index is 13.0. The summed E-state index contributed by atoms with van der Waals surface area (Å²) in [6, 6.07) is 15.6. The monoisotopic (exact) mass is 318 g/mol. The van der Waals surface area contributed by atoms with Gasteiger partial charge in [-0.3, -0.25) is 4.79 Å². The van der Waals surface area contributed by atoms with Crippen LogP contribution in [0, 0.1) is 11.8 Å². The molecule has 1 atom stereocenters. The summed E-state index contributed by atoms with van der Waals surface area (Å²) in [4.78, 5) is 11.7. The van der Waals surface area contributed by atoms with Crippen LogP contribution in [0.5, 0.6) is 0 Å². The Balaban J connectivity index is 2.59. The average Bonchev–Trinajstić information content (AvgIpc) is 2.52. The highest BCUT2D eigenvalue weighted by Crippen LogP contribution is 2.36. The van der Waals surface area contributed by atoms with Crippen molar-refractivity contribution in [3.05, 3.63) is 71.8 Å². The van der Waals surface area contributed by atoms with Crippen LogP contribution in [-0.2, 0) is 10.2 Å². The van der Waals surface area contributed by atoms with E-state index in [1.54, 1.807) is 36.4 Å². The highest BCUT2D eigenvalue weighted by atomic mass is 19.4. The van der Waals surface area contributed by atoms with Crippen LogP contribution in [0.25, 0.3) is 0 Å². The maximum absolute atomic E-state index is 13.0. The van der Waals surface area contributed by atoms with Gasteiger partial charge in [0.25, 0.3) is 0 Å². The van der Waals surface area contributed by atoms with Crippen LogP contribution in [-0.4, -0.2) is 17.3 Å². The van der Waals surface area contributed by atoms with E-state index < -0.39 is 24.0 Å². The summed E-state index contributed by atoms with van der Waals surface area (Å²) in [7, 11) is 0. The first-order chi connectivity index (χ1) is 10.8. The molecule has 2 nitrogen and oxygen atoms in total. The van der Waals surface area contributed by atoms with Gasteiger partial charge < -0.3 is 5.11 Å². The van der Waals surface area contributed by atoms with Crippen molar-refractivity contribution >= 4 is 5.97 Å². The fourth-order valence-electron chi connectivity index (χ4n) is 2.19. The van der Waals surface area contributed by atoms with Gasteiger partial charge in [0, 0.05) is 5.56 Å². The molecular formula is C18H13F3O2. The lowest BCUT2D eigenvalue weighted by atomic mass is 9.77. The lowest BCUT2D eigenvalue weighted by Gasteiger charge is -2.25. The molecule has 0 spiro atoms. The highest BCUT2D eigenvalue weighted by molar-refractivity contribution is 5.86. The summed E-state index contributed by atoms with van der Waals surface area (Å²) in [5.41, 5.74) is -1.88. The third kappa shape index (κ3) is 4.13. The van der Waals surface area contributed by atoms with E-state index in [9.17, 15) is 23.1 Å². The molecule has 1 unspecified atom stereocenters. The number of rotatable bonds is 3. The number of hydrogen-bond donors (Lipinski definition) is 1. The molecule has 5 heteroatoms. The average molecular weight is 318 g/mol. The number of benzene rings is 2. The molecule has 0 aliphatic heterocycles. The zero-order chi connectivity index (χ0) is 16.9. The minimum absolute atomic E-state index is 0.00764. The Bertz CT molecular complexity index is 728. The van der Waals surface area contributed by atoms with Gasteiger partial charge in [-0.15, -0.1) is 0 Å². The van der Waals surface area contributed by atoms with Gasteiger partial charge in [-0.1, -0.05) is 60.4 Å². The normalized spacial score (nSPS) is 13.5. The molecule has 2 aromatic rings. The summed E-state index contributed by atoms with van der Waals surface area (Å²) in [6.45, 7) is 0. The quantitative estimate of drug-likeness (QED) is 0.868. The van der Waals surface area contributed by atoms with Crippen molar-refractivity contribution in [2.24, 2.45) is 0 Å². The Morgan fingerprint density at radius 3 is 1.96 bits per heavy atom. The predicted molar refractivity (Wildman–Crippen MR) is 79.7 cm³/mol. The molecule has 0 bridgehead atoms. The Morgan fingerprint density at radius 1 is 0.957 bits per heavy atom. The van der Waals surface area contributed by atoms with Crippen LogP contribution in [0.15, 0.2) is 60.7 Å². The second-order valence-corrected chi connectivity index (χ2v) is 4.98. The van der Waals surface area contributed by atoms with Crippen LogP contribution in [0.3, 0.4) is 0 Å². The lowest BCUT2D eigenvalue weighted by molar-refractivity contribution is -0.163. The molecule has 2 rings (SSSR count). The number of carboxylic acid groups (broad SMARTS) is 1. The Morgan fingerprint density at radius 2 is 1.48 bits per heavy atom. The van der Waals surface area contributed by atoms with Crippen LogP contribution in [0.1, 0.15) is 17.5 Å². The van der Waals surface area contributed by atoms with E-state index in [-0.39, 0.29) is 5.56 Å². The summed E-state index contributed by atoms with van der Waals surface area (Å²) in [5, 5.41) is 9.52. The van der Waals surface area contributed by atoms with Crippen molar-refractivity contribution in [2.45, 2.75) is 18.0 Å². The zero-order valence-electron chi connectivity index (χ0n) is 12.0. The number of alkyl halides is 3. The van der Waals surface area contributed by atoms with E-state index in [0.29, 0.717) is 5.56 Å². The first-order valence-corrected chi connectivity index (χ1v) is 6.77. The number of hydrogen-bond acceptors (Lipinski definition) is 1. The molecule has 1 N–H and O–H groups in total. The van der Waals surface area contributed by atoms with Crippen LogP contribution in [0.2, 0.25) is 0 Å². The van der Waals surface area contributed by atoms with E-state index in [1.165, 1.54) is 24.3 Å². The predicted octanol–water partition coefficient (Wildman–Crippen LogP) is 4.01. The third-order valence-corrected chi connectivity index (χ3v) is 3.29. The molecule has 0 saturated heterocycles. The van der Waals surface area contributed by atoms with Gasteiger partial charge in [-0.05, 0) is 17.7 Å². The first-order valence-electron chi connectivity index (χ1n) is 6.77. The van der Waals surface area contributed by atoms with E-state index in [0.717, 1.165) is 0 Å². The van der Waals surface area contributed by atoms with E-state index in [4.69, 9.17) is 0 Å².